The summed E-state index contributed by atoms with van der Waals surface area (Å²) in [5, 5.41) is 9.63. The van der Waals surface area contributed by atoms with Crippen molar-refractivity contribution >= 4 is 90.5 Å². The highest BCUT2D eigenvalue weighted by Crippen LogP contribution is 2.41. The molecule has 2 saturated heterocycles. The highest BCUT2D eigenvalue weighted by molar-refractivity contribution is 8.00. The molecule has 60 heavy (non-hydrogen) atoms. The van der Waals surface area contributed by atoms with E-state index in [1.807, 2.05) is 0 Å². The van der Waals surface area contributed by atoms with Crippen molar-refractivity contribution in [1.82, 2.24) is 0 Å². The number of hydrogen-bond acceptors (Lipinski definition) is 26. The van der Waals surface area contributed by atoms with Crippen LogP contribution in [0.1, 0.15) is 10.4 Å². The molecule has 0 aliphatic carbocycles. The Morgan fingerprint density at radius 3 is 1.33 bits per heavy atom. The van der Waals surface area contributed by atoms with Crippen molar-refractivity contribution in [3.63, 3.8) is 0 Å². The van der Waals surface area contributed by atoms with E-state index in [0.717, 1.165) is 24.3 Å². The van der Waals surface area contributed by atoms with E-state index in [1.165, 1.54) is 0 Å². The summed E-state index contributed by atoms with van der Waals surface area (Å²) in [6, 6.07) is 4.25. The average Bonchev–Trinajstić information content (AvgIpc) is 3.01. The van der Waals surface area contributed by atoms with Crippen LogP contribution in [0.4, 0.5) is 0 Å². The Hall–Kier alpha value is -1.99. The van der Waals surface area contributed by atoms with Crippen LogP contribution in [0, 0.1) is 0 Å². The van der Waals surface area contributed by atoms with Crippen molar-refractivity contribution in [2.75, 3.05) is 13.2 Å². The second-order valence-corrected chi connectivity index (χ2v) is 19.5. The molecule has 0 radical (unpaired) electrons. The first-order valence-electron chi connectivity index (χ1n) is 14.4. The van der Waals surface area contributed by atoms with Gasteiger partial charge in [0.15, 0.2) is 12.4 Å². The molecule has 0 aromatic heterocycles. The summed E-state index contributed by atoms with van der Waals surface area (Å²) in [7, 11) is -41.7. The van der Waals surface area contributed by atoms with E-state index >= 15 is 0 Å². The third kappa shape index (κ3) is 17.6. The number of carbonyl (C=O) groups is 1. The predicted molar refractivity (Wildman–Crippen MR) is 179 cm³/mol. The zero-order valence-electron chi connectivity index (χ0n) is 28.0. The van der Waals surface area contributed by atoms with Crippen LogP contribution in [0.5, 0.6) is 0 Å². The Morgan fingerprint density at radius 1 is 0.517 bits per heavy atom. The Balaban J connectivity index is 2.39. The van der Waals surface area contributed by atoms with E-state index in [2.05, 4.69) is 29.3 Å². The second kappa shape index (κ2) is 19.4. The van der Waals surface area contributed by atoms with Gasteiger partial charge in [-0.1, -0.05) is 23.9 Å². The van der Waals surface area contributed by atoms with Gasteiger partial charge in [-0.25, -0.2) is 34.1 Å². The Morgan fingerprint density at radius 2 is 0.900 bits per heavy atom. The van der Waals surface area contributed by atoms with Crippen molar-refractivity contribution in [2.45, 2.75) is 65.5 Å². The van der Waals surface area contributed by atoms with E-state index in [0.29, 0.717) is 0 Å². The lowest BCUT2D eigenvalue weighted by Crippen LogP contribution is -2.66. The van der Waals surface area contributed by atoms with Gasteiger partial charge >= 0.3 is 78.8 Å². The summed E-state index contributed by atoms with van der Waals surface area (Å²) in [6.45, 7) is -3.61. The van der Waals surface area contributed by atoms with Crippen LogP contribution in [0.15, 0.2) is 29.2 Å². The predicted octanol–water partition coefficient (Wildman–Crippen LogP) is -4.11. The number of thioether (sulfide) groups is 1. The molecule has 2 heterocycles. The molecule has 348 valence electrons. The second-order valence-electron chi connectivity index (χ2n) is 11.0. The summed E-state index contributed by atoms with van der Waals surface area (Å²) in [5.41, 5.74) is -3.00. The Labute approximate surface area is 341 Å². The molecular formula is C19H26O33S8. The van der Waals surface area contributed by atoms with Crippen LogP contribution in [-0.4, -0.2) is 176 Å². The zero-order valence-corrected chi connectivity index (χ0v) is 34.6. The molecule has 10 atom stereocenters. The van der Waals surface area contributed by atoms with Crippen LogP contribution in [0.25, 0.3) is 0 Å². The number of aromatic carboxylic acids is 1. The molecule has 41 heteroatoms. The van der Waals surface area contributed by atoms with Crippen molar-refractivity contribution < 1.29 is 144 Å². The lowest BCUT2D eigenvalue weighted by atomic mass is 9.97. The van der Waals surface area contributed by atoms with E-state index in [1.54, 1.807) is 0 Å². The first-order valence-corrected chi connectivity index (χ1v) is 24.8. The number of benzene rings is 1. The van der Waals surface area contributed by atoms with Gasteiger partial charge in [0.25, 0.3) is 0 Å². The highest BCUT2D eigenvalue weighted by atomic mass is 32.3. The average molecular weight is 1040 g/mol. The van der Waals surface area contributed by atoms with Gasteiger partial charge in [-0.05, 0) is 12.1 Å². The van der Waals surface area contributed by atoms with Crippen molar-refractivity contribution in [1.29, 1.82) is 0 Å². The Kier molecular flexibility index (Phi) is 16.9. The van der Waals surface area contributed by atoms with Crippen LogP contribution in [0.2, 0.25) is 0 Å². The lowest BCUT2D eigenvalue weighted by Gasteiger charge is -2.48. The van der Waals surface area contributed by atoms with E-state index in [9.17, 15) is 96.1 Å². The minimum Gasteiger partial charge on any atom is -0.478 e. The van der Waals surface area contributed by atoms with Crippen molar-refractivity contribution in [3.05, 3.63) is 29.8 Å². The molecule has 3 rings (SSSR count). The molecule has 0 amide bonds. The van der Waals surface area contributed by atoms with Gasteiger partial charge in [0.1, 0.15) is 48.2 Å². The van der Waals surface area contributed by atoms with E-state index in [-0.39, 0.29) is 11.8 Å². The number of carboxylic acid groups (broad SMARTS) is 1. The minimum atomic E-state index is -6.16. The van der Waals surface area contributed by atoms with E-state index in [4.69, 9.17) is 18.8 Å². The molecule has 8 N–H and O–H groups in total. The summed E-state index contributed by atoms with van der Waals surface area (Å²) in [6.07, 6.45) is -27.3. The summed E-state index contributed by atoms with van der Waals surface area (Å²) in [4.78, 5) is 11.5. The number of rotatable bonds is 21. The molecule has 1 aromatic rings. The van der Waals surface area contributed by atoms with E-state index < -0.39 is 163 Å². The lowest BCUT2D eigenvalue weighted by molar-refractivity contribution is -0.325. The highest BCUT2D eigenvalue weighted by Gasteiger charge is 2.58. The molecule has 1 aromatic carbocycles. The maximum Gasteiger partial charge on any atom is 0.397 e. The normalized spacial score (nSPS) is 28.9. The van der Waals surface area contributed by atoms with Crippen LogP contribution in [0.3, 0.4) is 0 Å². The largest absolute Gasteiger partial charge is 0.478 e. The zero-order chi connectivity index (χ0) is 46.0. The molecule has 0 bridgehead atoms. The van der Waals surface area contributed by atoms with Gasteiger partial charge < -0.3 is 19.3 Å². The fourth-order valence-electron chi connectivity index (χ4n) is 4.97. The smallest absolute Gasteiger partial charge is 0.397 e. The number of ether oxygens (including phenoxy) is 3. The molecule has 0 spiro atoms. The summed E-state index contributed by atoms with van der Waals surface area (Å²) in [5.74, 6) is -1.69. The Bertz CT molecular complexity index is 2500. The topological polar surface area (TPSA) is 510 Å². The maximum absolute atomic E-state index is 12.2. The minimum absolute atomic E-state index is 0.0531. The van der Waals surface area contributed by atoms with Crippen LogP contribution in [-0.2, 0) is 116 Å². The van der Waals surface area contributed by atoms with Gasteiger partial charge in [0, 0.05) is 4.90 Å². The van der Waals surface area contributed by atoms with Gasteiger partial charge in [0.05, 0.1) is 18.8 Å². The SMILES string of the molecule is O=C(O)c1ccccc1S[C@@H]1O[C@H](COS(=O)(=O)O)[C@@H](O[C@H]2O[C@H](COS(=O)(=O)O)[C@@H](OS(=O)(=O)O)[C@H](OS(=O)(=O)O)[C@H]2OS(=O)(=O)O)[C@H](OS(=O)(=O)O)[C@H]1OS(=O)(=O)O. The van der Waals surface area contributed by atoms with Gasteiger partial charge in [-0.15, -0.1) is 0 Å². The molecular weight excluding hydrogens is 1010 g/mol. The summed E-state index contributed by atoms with van der Waals surface area (Å²) < 4.78 is 278. The molecule has 2 fully saturated rings. The molecule has 0 unspecified atom stereocenters. The first-order chi connectivity index (χ1) is 26.9. The summed E-state index contributed by atoms with van der Waals surface area (Å²) >= 11 is 0.0531. The number of carboxylic acids is 1. The first kappa shape index (κ1) is 52.4. The fourth-order valence-corrected chi connectivity index (χ4v) is 9.37. The molecule has 0 saturated carbocycles. The van der Waals surface area contributed by atoms with Gasteiger partial charge in [-0.2, -0.15) is 58.9 Å². The van der Waals surface area contributed by atoms with Crippen molar-refractivity contribution in [2.24, 2.45) is 0 Å². The maximum atomic E-state index is 12.2. The molecule has 33 nitrogen and oxygen atoms in total. The quantitative estimate of drug-likeness (QED) is 0.0542. The third-order valence-electron chi connectivity index (χ3n) is 6.76. The van der Waals surface area contributed by atoms with Crippen LogP contribution >= 0.6 is 11.8 Å². The standard InChI is InChI=1S/C19H26O33S8/c20-17(21)7-3-1-2-4-10(7)53-19-16(52-60(40,41)42)13(49-57(31,32)33)11(8(46-19)5-43-54(22,23)24)47-18-15(51-59(37,38)39)14(50-58(34,35)36)12(48-56(28,29)30)9(45-18)6-44-55(25,26)27/h1-4,8-9,11-16,18-19H,5-6H2,(H,20,21)(H,22,23,24)(H,25,26,27)(H,28,29,30)(H,31,32,33)(H,34,35,36)(H,37,38,39)(H,40,41,42)/t8-,9-,11-,12-,13+,14+,15-,16-,18-,19+/m1/s1. The fraction of sp³-hybridized carbons (Fsp3) is 0.632. The number of hydrogen-bond donors (Lipinski definition) is 8. The van der Waals surface area contributed by atoms with Crippen molar-refractivity contribution in [3.8, 4) is 0 Å². The van der Waals surface area contributed by atoms with Gasteiger partial charge in [0.2, 0.25) is 0 Å². The third-order valence-corrected chi connectivity index (χ3v) is 11.2. The molecule has 2 aliphatic rings. The van der Waals surface area contributed by atoms with Crippen LogP contribution < -0.4 is 0 Å². The van der Waals surface area contributed by atoms with Gasteiger partial charge in [-0.3, -0.25) is 31.9 Å². The molecule has 2 aliphatic heterocycles. The monoisotopic (exact) mass is 1040 g/mol.